The van der Waals surface area contributed by atoms with E-state index in [0.717, 1.165) is 17.7 Å². The molecule has 3 saturated heterocycles. The molecule has 4 aliphatic heterocycles. The van der Waals surface area contributed by atoms with Crippen molar-refractivity contribution in [3.8, 4) is 0 Å². The highest BCUT2D eigenvalue weighted by molar-refractivity contribution is 6.05. The average molecular weight is 400 g/mol. The van der Waals surface area contributed by atoms with Crippen LogP contribution in [0.25, 0.3) is 0 Å². The van der Waals surface area contributed by atoms with E-state index in [1.54, 1.807) is 4.90 Å². The molecule has 154 valence electrons. The number of hydrogen-bond acceptors (Lipinski definition) is 5. The molecule has 1 aromatic rings. The SMILES string of the molecule is O=C1CCC(N2Cc3cccc(CNCC45CNCC(F)(C4)C5)c3C2=O)C(=O)N1. The predicted molar refractivity (Wildman–Crippen MR) is 103 cm³/mol. The first-order valence-electron chi connectivity index (χ1n) is 10.2. The minimum absolute atomic E-state index is 0.0340. The third-order valence-electron chi connectivity index (χ3n) is 6.78. The van der Waals surface area contributed by atoms with Crippen molar-refractivity contribution in [2.45, 2.75) is 50.5 Å². The van der Waals surface area contributed by atoms with Crippen molar-refractivity contribution in [1.82, 2.24) is 20.9 Å². The van der Waals surface area contributed by atoms with E-state index in [-0.39, 0.29) is 23.7 Å². The number of fused-ring (bicyclic) bond motifs is 3. The van der Waals surface area contributed by atoms with Gasteiger partial charge in [-0.05, 0) is 30.4 Å². The minimum Gasteiger partial charge on any atom is -0.322 e. The molecule has 0 aromatic heterocycles. The molecule has 1 atom stereocenters. The largest absolute Gasteiger partial charge is 0.322 e. The lowest BCUT2D eigenvalue weighted by Gasteiger charge is -2.56. The Labute approximate surface area is 168 Å². The molecule has 4 heterocycles. The van der Waals surface area contributed by atoms with E-state index in [9.17, 15) is 18.8 Å². The molecule has 7 nitrogen and oxygen atoms in total. The summed E-state index contributed by atoms with van der Waals surface area (Å²) in [6.07, 6.45) is 1.79. The normalized spacial score (nSPS) is 33.3. The number of carbonyl (C=O) groups excluding carboxylic acids is 3. The summed E-state index contributed by atoms with van der Waals surface area (Å²) in [5.74, 6) is -0.841. The fourth-order valence-corrected chi connectivity index (χ4v) is 5.58. The smallest absolute Gasteiger partial charge is 0.255 e. The quantitative estimate of drug-likeness (QED) is 0.631. The number of hydrogen-bond donors (Lipinski definition) is 3. The van der Waals surface area contributed by atoms with E-state index in [0.29, 0.717) is 51.0 Å². The molecule has 0 radical (unpaired) electrons. The minimum atomic E-state index is -1.05. The first kappa shape index (κ1) is 18.7. The molecule has 4 fully saturated rings. The van der Waals surface area contributed by atoms with Gasteiger partial charge in [0.2, 0.25) is 11.8 Å². The summed E-state index contributed by atoms with van der Waals surface area (Å²) in [7, 11) is 0. The molecule has 3 amide bonds. The Morgan fingerprint density at radius 3 is 2.79 bits per heavy atom. The third kappa shape index (κ3) is 3.14. The molecular weight excluding hydrogens is 375 g/mol. The number of amides is 3. The van der Waals surface area contributed by atoms with Crippen LogP contribution < -0.4 is 16.0 Å². The summed E-state index contributed by atoms with van der Waals surface area (Å²) >= 11 is 0. The van der Waals surface area contributed by atoms with E-state index in [4.69, 9.17) is 0 Å². The van der Waals surface area contributed by atoms with Gasteiger partial charge in [0.05, 0.1) is 0 Å². The Hall–Kier alpha value is -2.32. The Bertz CT molecular complexity index is 896. The van der Waals surface area contributed by atoms with Crippen molar-refractivity contribution in [1.29, 1.82) is 0 Å². The van der Waals surface area contributed by atoms with Gasteiger partial charge in [-0.2, -0.15) is 0 Å². The standard InChI is InChI=1S/C21H25FN4O3/c22-21-8-20(9-21,11-24-12-21)10-23-6-13-2-1-3-14-7-26(19(29)17(13)14)15-4-5-16(27)25-18(15)28/h1-3,15,23-24H,4-12H2,(H,25,27,28). The van der Waals surface area contributed by atoms with Crippen molar-refractivity contribution in [3.63, 3.8) is 0 Å². The van der Waals surface area contributed by atoms with Gasteiger partial charge in [-0.1, -0.05) is 18.2 Å². The van der Waals surface area contributed by atoms with Crippen LogP contribution in [0.3, 0.4) is 0 Å². The number of nitrogens with zero attached hydrogens (tertiary/aromatic N) is 1. The van der Waals surface area contributed by atoms with Crippen LogP contribution in [0, 0.1) is 5.41 Å². The fraction of sp³-hybridized carbons (Fsp3) is 0.571. The maximum Gasteiger partial charge on any atom is 0.255 e. The monoisotopic (exact) mass is 400 g/mol. The highest BCUT2D eigenvalue weighted by atomic mass is 19.1. The molecule has 2 bridgehead atoms. The third-order valence-corrected chi connectivity index (χ3v) is 6.78. The number of piperidine rings is 3. The maximum atomic E-state index is 14.2. The van der Waals surface area contributed by atoms with Gasteiger partial charge in [-0.3, -0.25) is 19.7 Å². The van der Waals surface area contributed by atoms with Crippen LogP contribution in [0.1, 0.15) is 47.2 Å². The van der Waals surface area contributed by atoms with Gasteiger partial charge in [0.15, 0.2) is 0 Å². The van der Waals surface area contributed by atoms with Gasteiger partial charge in [-0.25, -0.2) is 4.39 Å². The molecule has 5 aliphatic rings. The predicted octanol–water partition coefficient (Wildman–Crippen LogP) is 0.629. The van der Waals surface area contributed by atoms with Gasteiger partial charge in [-0.15, -0.1) is 0 Å². The van der Waals surface area contributed by atoms with Crippen molar-refractivity contribution in [3.05, 3.63) is 34.9 Å². The van der Waals surface area contributed by atoms with Crippen molar-refractivity contribution < 1.29 is 18.8 Å². The summed E-state index contributed by atoms with van der Waals surface area (Å²) in [6.45, 7) is 2.89. The second-order valence-electron chi connectivity index (χ2n) is 9.06. The van der Waals surface area contributed by atoms with Crippen molar-refractivity contribution >= 4 is 17.7 Å². The number of carbonyl (C=O) groups is 3. The van der Waals surface area contributed by atoms with Gasteiger partial charge in [0, 0.05) is 50.1 Å². The Morgan fingerprint density at radius 2 is 2.03 bits per heavy atom. The van der Waals surface area contributed by atoms with E-state index in [1.807, 2.05) is 18.2 Å². The summed E-state index contributed by atoms with van der Waals surface area (Å²) in [5.41, 5.74) is 1.37. The zero-order valence-electron chi connectivity index (χ0n) is 16.2. The number of rotatable bonds is 5. The molecular formula is C21H25FN4O3. The van der Waals surface area contributed by atoms with E-state index >= 15 is 0 Å². The lowest BCUT2D eigenvalue weighted by atomic mass is 9.57. The van der Waals surface area contributed by atoms with E-state index < -0.39 is 17.6 Å². The van der Waals surface area contributed by atoms with E-state index in [1.165, 1.54) is 0 Å². The summed E-state index contributed by atoms with van der Waals surface area (Å²) < 4.78 is 14.2. The van der Waals surface area contributed by atoms with Crippen LogP contribution in [0.15, 0.2) is 18.2 Å². The first-order valence-corrected chi connectivity index (χ1v) is 10.2. The van der Waals surface area contributed by atoms with E-state index in [2.05, 4.69) is 16.0 Å². The number of nitrogens with one attached hydrogen (secondary N) is 3. The zero-order chi connectivity index (χ0) is 20.2. The summed E-state index contributed by atoms with van der Waals surface area (Å²) in [6, 6.07) is 5.16. The maximum absolute atomic E-state index is 14.2. The molecule has 1 aliphatic carbocycles. The Balaban J connectivity index is 1.27. The topological polar surface area (TPSA) is 90.5 Å². The van der Waals surface area contributed by atoms with Crippen molar-refractivity contribution in [2.75, 3.05) is 19.6 Å². The molecule has 1 unspecified atom stereocenters. The van der Waals surface area contributed by atoms with Crippen LogP contribution in [0.5, 0.6) is 0 Å². The second-order valence-corrected chi connectivity index (χ2v) is 9.06. The lowest BCUT2D eigenvalue weighted by molar-refractivity contribution is -0.136. The number of halogens is 1. The zero-order valence-corrected chi connectivity index (χ0v) is 16.2. The van der Waals surface area contributed by atoms with Crippen molar-refractivity contribution in [2.24, 2.45) is 5.41 Å². The molecule has 3 N–H and O–H groups in total. The number of benzene rings is 1. The molecule has 0 spiro atoms. The van der Waals surface area contributed by atoms with Crippen LogP contribution in [0.4, 0.5) is 4.39 Å². The Kier molecular flexibility index (Phi) is 4.25. The van der Waals surface area contributed by atoms with Crippen LogP contribution >= 0.6 is 0 Å². The van der Waals surface area contributed by atoms with Gasteiger partial charge in [0.1, 0.15) is 11.7 Å². The van der Waals surface area contributed by atoms with Crippen LogP contribution in [-0.4, -0.2) is 54.0 Å². The summed E-state index contributed by atoms with van der Waals surface area (Å²) in [5, 5.41) is 8.93. The average Bonchev–Trinajstić information content (AvgIpc) is 2.98. The molecule has 29 heavy (non-hydrogen) atoms. The first-order chi connectivity index (χ1) is 13.9. The number of imide groups is 1. The lowest BCUT2D eigenvalue weighted by Crippen LogP contribution is -2.66. The molecule has 1 aromatic carbocycles. The molecule has 6 rings (SSSR count). The van der Waals surface area contributed by atoms with Gasteiger partial charge in [0.25, 0.3) is 5.91 Å². The Morgan fingerprint density at radius 1 is 1.21 bits per heavy atom. The highest BCUT2D eigenvalue weighted by Crippen LogP contribution is 2.52. The fourth-order valence-electron chi connectivity index (χ4n) is 5.58. The molecule has 8 heteroatoms. The van der Waals surface area contributed by atoms with Crippen LogP contribution in [-0.2, 0) is 22.7 Å². The molecule has 1 saturated carbocycles. The van der Waals surface area contributed by atoms with Crippen LogP contribution in [0.2, 0.25) is 0 Å². The van der Waals surface area contributed by atoms with Gasteiger partial charge < -0.3 is 15.5 Å². The second kappa shape index (κ2) is 6.60. The summed E-state index contributed by atoms with van der Waals surface area (Å²) in [4.78, 5) is 38.3. The van der Waals surface area contributed by atoms with Gasteiger partial charge >= 0.3 is 0 Å². The highest BCUT2D eigenvalue weighted by Gasteiger charge is 2.57. The number of alkyl halides is 1.